The van der Waals surface area contributed by atoms with Gasteiger partial charge in [0.05, 0.1) is 6.61 Å². The van der Waals surface area contributed by atoms with E-state index in [1.54, 1.807) is 12.7 Å². The Morgan fingerprint density at radius 2 is 2.36 bits per heavy atom. The molecule has 0 bridgehead atoms. The van der Waals surface area contributed by atoms with Gasteiger partial charge in [-0.25, -0.2) is 0 Å². The first-order valence-electron chi connectivity index (χ1n) is 5.73. The van der Waals surface area contributed by atoms with Crippen molar-refractivity contribution in [1.82, 2.24) is 5.32 Å². The molecule has 0 saturated carbocycles. The molecule has 0 amide bonds. The van der Waals surface area contributed by atoms with E-state index in [4.69, 9.17) is 4.74 Å². The number of allylic oxidation sites excluding steroid dienone is 1. The highest BCUT2D eigenvalue weighted by atomic mass is 16.5. The van der Waals surface area contributed by atoms with Gasteiger partial charge < -0.3 is 10.1 Å². The predicted molar refractivity (Wildman–Crippen MR) is 60.5 cm³/mol. The maximum Gasteiger partial charge on any atom is 0.0613 e. The third-order valence-electron chi connectivity index (χ3n) is 2.74. The van der Waals surface area contributed by atoms with Gasteiger partial charge in [0.1, 0.15) is 0 Å². The molecule has 0 aliphatic heterocycles. The fraction of sp³-hybridized carbons (Fsp3) is 0.833. The Hall–Kier alpha value is -0.340. The Morgan fingerprint density at radius 1 is 1.50 bits per heavy atom. The molecule has 0 aromatic heterocycles. The summed E-state index contributed by atoms with van der Waals surface area (Å²) in [5.74, 6) is 0. The van der Waals surface area contributed by atoms with Crippen LogP contribution in [0.5, 0.6) is 0 Å². The zero-order valence-corrected chi connectivity index (χ0v) is 9.51. The number of rotatable bonds is 6. The fourth-order valence-electron chi connectivity index (χ4n) is 1.92. The average Bonchev–Trinajstić information content (AvgIpc) is 2.20. The van der Waals surface area contributed by atoms with Crippen molar-refractivity contribution in [3.8, 4) is 0 Å². The maximum atomic E-state index is 5.07. The Labute approximate surface area is 87.7 Å². The summed E-state index contributed by atoms with van der Waals surface area (Å²) in [4.78, 5) is 0. The van der Waals surface area contributed by atoms with Crippen LogP contribution >= 0.6 is 0 Å². The van der Waals surface area contributed by atoms with E-state index in [0.29, 0.717) is 6.04 Å². The Kier molecular flexibility index (Phi) is 5.88. The van der Waals surface area contributed by atoms with Crippen LogP contribution in [0.4, 0.5) is 0 Å². The topological polar surface area (TPSA) is 21.3 Å². The molecule has 1 N–H and O–H groups in total. The number of hydrogen-bond donors (Lipinski definition) is 1. The molecule has 0 heterocycles. The van der Waals surface area contributed by atoms with Crippen LogP contribution in [-0.2, 0) is 4.74 Å². The summed E-state index contributed by atoms with van der Waals surface area (Å²) in [6, 6.07) is 0.476. The standard InChI is InChI=1S/C12H23NO/c1-11(10-14-2)13-9-8-12-6-4-3-5-7-12/h6,11,13H,3-5,7-10H2,1-2H3/t11-/m1/s1. The molecule has 0 unspecified atom stereocenters. The van der Waals surface area contributed by atoms with Gasteiger partial charge in [-0.1, -0.05) is 11.6 Å². The van der Waals surface area contributed by atoms with Crippen LogP contribution in [0.2, 0.25) is 0 Å². The van der Waals surface area contributed by atoms with Crippen LogP contribution in [0.25, 0.3) is 0 Å². The highest BCUT2D eigenvalue weighted by Gasteiger charge is 2.04. The SMILES string of the molecule is COC[C@@H](C)NCCC1=CCCCC1. The molecular weight excluding hydrogens is 174 g/mol. The summed E-state index contributed by atoms with van der Waals surface area (Å²) >= 11 is 0. The van der Waals surface area contributed by atoms with Gasteiger partial charge in [0.2, 0.25) is 0 Å². The molecule has 2 nitrogen and oxygen atoms in total. The van der Waals surface area contributed by atoms with Crippen molar-refractivity contribution in [2.45, 2.75) is 45.1 Å². The summed E-state index contributed by atoms with van der Waals surface area (Å²) in [5, 5.41) is 3.46. The van der Waals surface area contributed by atoms with E-state index in [2.05, 4.69) is 18.3 Å². The van der Waals surface area contributed by atoms with E-state index in [-0.39, 0.29) is 0 Å². The fourth-order valence-corrected chi connectivity index (χ4v) is 1.92. The highest BCUT2D eigenvalue weighted by molar-refractivity contribution is 5.05. The summed E-state index contributed by atoms with van der Waals surface area (Å²) in [5.41, 5.74) is 1.65. The smallest absolute Gasteiger partial charge is 0.0613 e. The molecule has 0 fully saturated rings. The third-order valence-corrected chi connectivity index (χ3v) is 2.74. The minimum absolute atomic E-state index is 0.476. The Balaban J connectivity index is 2.05. The van der Waals surface area contributed by atoms with Crippen molar-refractivity contribution >= 4 is 0 Å². The van der Waals surface area contributed by atoms with Gasteiger partial charge in [0.15, 0.2) is 0 Å². The van der Waals surface area contributed by atoms with Crippen molar-refractivity contribution in [2.75, 3.05) is 20.3 Å². The number of ether oxygens (including phenoxy) is 1. The summed E-state index contributed by atoms with van der Waals surface area (Å²) in [7, 11) is 1.75. The summed E-state index contributed by atoms with van der Waals surface area (Å²) < 4.78 is 5.07. The van der Waals surface area contributed by atoms with Crippen molar-refractivity contribution in [2.24, 2.45) is 0 Å². The van der Waals surface area contributed by atoms with E-state index in [9.17, 15) is 0 Å². The molecule has 82 valence electrons. The molecule has 14 heavy (non-hydrogen) atoms. The summed E-state index contributed by atoms with van der Waals surface area (Å²) in [6.07, 6.45) is 9.03. The molecule has 1 aliphatic rings. The van der Waals surface area contributed by atoms with Gasteiger partial charge >= 0.3 is 0 Å². The predicted octanol–water partition coefficient (Wildman–Crippen LogP) is 2.50. The van der Waals surface area contributed by atoms with Crippen molar-refractivity contribution < 1.29 is 4.74 Å². The Morgan fingerprint density at radius 3 is 3.00 bits per heavy atom. The van der Waals surface area contributed by atoms with Crippen LogP contribution in [0, 0.1) is 0 Å². The van der Waals surface area contributed by atoms with E-state index in [1.807, 2.05) is 0 Å². The lowest BCUT2D eigenvalue weighted by Crippen LogP contribution is -2.31. The highest BCUT2D eigenvalue weighted by Crippen LogP contribution is 2.19. The molecular formula is C12H23NO. The maximum absolute atomic E-state index is 5.07. The second kappa shape index (κ2) is 7.02. The number of hydrogen-bond acceptors (Lipinski definition) is 2. The van der Waals surface area contributed by atoms with Gasteiger partial charge in [0.25, 0.3) is 0 Å². The van der Waals surface area contributed by atoms with Gasteiger partial charge in [-0.2, -0.15) is 0 Å². The molecule has 0 aromatic rings. The summed E-state index contributed by atoms with van der Waals surface area (Å²) in [6.45, 7) is 4.06. The number of methoxy groups -OCH3 is 1. The van der Waals surface area contributed by atoms with Crippen LogP contribution in [0.15, 0.2) is 11.6 Å². The molecule has 0 spiro atoms. The lowest BCUT2D eigenvalue weighted by molar-refractivity contribution is 0.172. The minimum atomic E-state index is 0.476. The van der Waals surface area contributed by atoms with Crippen LogP contribution in [-0.4, -0.2) is 26.3 Å². The van der Waals surface area contributed by atoms with E-state index in [0.717, 1.165) is 13.2 Å². The molecule has 0 aromatic carbocycles. The molecule has 0 saturated heterocycles. The first-order valence-corrected chi connectivity index (χ1v) is 5.73. The monoisotopic (exact) mass is 197 g/mol. The molecule has 0 radical (unpaired) electrons. The van der Waals surface area contributed by atoms with Crippen molar-refractivity contribution in [3.63, 3.8) is 0 Å². The minimum Gasteiger partial charge on any atom is -0.383 e. The lowest BCUT2D eigenvalue weighted by Gasteiger charge is -2.15. The zero-order valence-electron chi connectivity index (χ0n) is 9.51. The second-order valence-electron chi connectivity index (χ2n) is 4.17. The first kappa shape index (κ1) is 11.7. The van der Waals surface area contributed by atoms with E-state index >= 15 is 0 Å². The van der Waals surface area contributed by atoms with Crippen molar-refractivity contribution in [1.29, 1.82) is 0 Å². The quantitative estimate of drug-likeness (QED) is 0.661. The molecule has 1 atom stereocenters. The van der Waals surface area contributed by atoms with Crippen LogP contribution in [0.1, 0.15) is 39.0 Å². The largest absolute Gasteiger partial charge is 0.383 e. The van der Waals surface area contributed by atoms with E-state index in [1.165, 1.54) is 32.1 Å². The van der Waals surface area contributed by atoms with Gasteiger partial charge in [-0.3, -0.25) is 0 Å². The normalized spacial score (nSPS) is 19.1. The molecule has 1 rings (SSSR count). The third kappa shape index (κ3) is 4.77. The first-order chi connectivity index (χ1) is 6.83. The van der Waals surface area contributed by atoms with Gasteiger partial charge in [-0.05, 0) is 45.6 Å². The average molecular weight is 197 g/mol. The molecule has 2 heteroatoms. The van der Waals surface area contributed by atoms with Gasteiger partial charge in [-0.15, -0.1) is 0 Å². The molecule has 1 aliphatic carbocycles. The van der Waals surface area contributed by atoms with Crippen LogP contribution in [0.3, 0.4) is 0 Å². The second-order valence-corrected chi connectivity index (χ2v) is 4.17. The Bertz CT molecular complexity index is 177. The van der Waals surface area contributed by atoms with Crippen LogP contribution < -0.4 is 5.32 Å². The van der Waals surface area contributed by atoms with E-state index < -0.39 is 0 Å². The van der Waals surface area contributed by atoms with Crippen molar-refractivity contribution in [3.05, 3.63) is 11.6 Å². The zero-order chi connectivity index (χ0) is 10.2. The van der Waals surface area contributed by atoms with Gasteiger partial charge in [0, 0.05) is 13.2 Å². The lowest BCUT2D eigenvalue weighted by atomic mass is 9.97. The number of nitrogens with one attached hydrogen (secondary N) is 1.